The average Bonchev–Trinajstić information content (AvgIpc) is 3.29. The molecule has 1 N–H and O–H groups in total. The van der Waals surface area contributed by atoms with E-state index in [0.717, 1.165) is 6.07 Å². The molecule has 2 amide bonds. The second kappa shape index (κ2) is 7.18. The summed E-state index contributed by atoms with van der Waals surface area (Å²) in [5.74, 6) is -1.82. The quantitative estimate of drug-likeness (QED) is 0.747. The van der Waals surface area contributed by atoms with Crippen molar-refractivity contribution in [3.05, 3.63) is 71.6 Å². The molecule has 0 spiro atoms. The van der Waals surface area contributed by atoms with Gasteiger partial charge in [-0.05, 0) is 42.5 Å². The number of nitrogens with one attached hydrogen (secondary N) is 1. The molecule has 7 nitrogen and oxygen atoms in total. The van der Waals surface area contributed by atoms with Gasteiger partial charge >= 0.3 is 6.01 Å². The van der Waals surface area contributed by atoms with Crippen molar-refractivity contribution in [2.75, 3.05) is 16.8 Å². The van der Waals surface area contributed by atoms with E-state index in [-0.39, 0.29) is 41.5 Å². The highest BCUT2D eigenvalue weighted by Crippen LogP contribution is 2.31. The van der Waals surface area contributed by atoms with Gasteiger partial charge in [0.1, 0.15) is 11.6 Å². The van der Waals surface area contributed by atoms with Gasteiger partial charge in [-0.2, -0.15) is 0 Å². The van der Waals surface area contributed by atoms with Crippen LogP contribution in [0.3, 0.4) is 0 Å². The summed E-state index contributed by atoms with van der Waals surface area (Å²) >= 11 is 0. The van der Waals surface area contributed by atoms with Crippen molar-refractivity contribution in [3.8, 4) is 0 Å². The van der Waals surface area contributed by atoms with Gasteiger partial charge in [0.15, 0.2) is 0 Å². The molecule has 9 heteroatoms. The van der Waals surface area contributed by atoms with Crippen molar-refractivity contribution in [1.29, 1.82) is 0 Å². The van der Waals surface area contributed by atoms with Gasteiger partial charge in [0.25, 0.3) is 5.91 Å². The fraction of sp³-hybridized carbons (Fsp3) is 0.158. The molecule has 1 aliphatic rings. The lowest BCUT2D eigenvalue weighted by Crippen LogP contribution is -2.24. The zero-order valence-corrected chi connectivity index (χ0v) is 14.4. The van der Waals surface area contributed by atoms with E-state index in [1.54, 1.807) is 0 Å². The number of halogens is 2. The van der Waals surface area contributed by atoms with E-state index >= 15 is 0 Å². The van der Waals surface area contributed by atoms with Crippen LogP contribution in [0.15, 0.2) is 52.9 Å². The summed E-state index contributed by atoms with van der Waals surface area (Å²) in [6, 6.07) is 10.6. The Morgan fingerprint density at radius 1 is 1.11 bits per heavy atom. The number of benzene rings is 2. The summed E-state index contributed by atoms with van der Waals surface area (Å²) in [5.41, 5.74) is 0.686. The van der Waals surface area contributed by atoms with Crippen LogP contribution in [0.2, 0.25) is 0 Å². The third-order valence-electron chi connectivity index (χ3n) is 4.36. The molecule has 1 aliphatic heterocycles. The molecule has 1 atom stereocenters. The Balaban J connectivity index is 1.45. The minimum Gasteiger partial charge on any atom is -0.407 e. The monoisotopic (exact) mass is 384 g/mol. The zero-order valence-electron chi connectivity index (χ0n) is 14.4. The van der Waals surface area contributed by atoms with Crippen LogP contribution in [0.1, 0.15) is 28.6 Å². The number of hydrogen-bond donors (Lipinski definition) is 1. The standard InChI is InChI=1S/C19H14F2N4O3/c20-13-4-6-15(7-5-13)25-10-12(9-16(25)26)18-23-24-19(28-18)22-17(27)11-2-1-3-14(21)8-11/h1-8,12H,9-10H2,(H,22,24,27). The van der Waals surface area contributed by atoms with Gasteiger partial charge in [-0.1, -0.05) is 11.2 Å². The number of carbonyl (C=O) groups excluding carboxylic acids is 2. The van der Waals surface area contributed by atoms with E-state index in [9.17, 15) is 18.4 Å². The SMILES string of the molecule is O=C(Nc1nnc(C2CC(=O)N(c3ccc(F)cc3)C2)o1)c1cccc(F)c1. The second-order valence-corrected chi connectivity index (χ2v) is 6.29. The molecule has 1 aromatic heterocycles. The Bertz CT molecular complexity index is 1040. The Morgan fingerprint density at radius 3 is 2.64 bits per heavy atom. The summed E-state index contributed by atoms with van der Waals surface area (Å²) in [6.45, 7) is 0.296. The van der Waals surface area contributed by atoms with E-state index in [1.807, 2.05) is 0 Å². The Kier molecular flexibility index (Phi) is 4.56. The normalized spacial score (nSPS) is 16.4. The molecule has 0 radical (unpaired) electrons. The molecule has 2 heterocycles. The number of hydrogen-bond acceptors (Lipinski definition) is 5. The van der Waals surface area contributed by atoms with Gasteiger partial charge in [0.2, 0.25) is 11.8 Å². The van der Waals surface area contributed by atoms with Crippen LogP contribution in [0, 0.1) is 11.6 Å². The van der Waals surface area contributed by atoms with Crippen LogP contribution in [-0.4, -0.2) is 28.6 Å². The number of anilines is 2. The van der Waals surface area contributed by atoms with Crippen LogP contribution in [0.25, 0.3) is 0 Å². The maximum Gasteiger partial charge on any atom is 0.322 e. The van der Waals surface area contributed by atoms with Crippen molar-refractivity contribution >= 4 is 23.5 Å². The van der Waals surface area contributed by atoms with Gasteiger partial charge in [-0.15, -0.1) is 5.10 Å². The smallest absolute Gasteiger partial charge is 0.322 e. The molecule has 1 fully saturated rings. The Labute approximate surface area is 158 Å². The van der Waals surface area contributed by atoms with Gasteiger partial charge in [0, 0.05) is 24.2 Å². The summed E-state index contributed by atoms with van der Waals surface area (Å²) in [4.78, 5) is 25.9. The number of aromatic nitrogens is 2. The molecule has 0 aliphatic carbocycles. The van der Waals surface area contributed by atoms with Crippen molar-refractivity contribution in [1.82, 2.24) is 10.2 Å². The predicted octanol–water partition coefficient (Wildman–Crippen LogP) is 3.12. The summed E-state index contributed by atoms with van der Waals surface area (Å²) in [5, 5.41) is 10.1. The molecule has 0 bridgehead atoms. The summed E-state index contributed by atoms with van der Waals surface area (Å²) < 4.78 is 31.7. The molecule has 4 rings (SSSR count). The third kappa shape index (κ3) is 3.59. The van der Waals surface area contributed by atoms with Gasteiger partial charge < -0.3 is 9.32 Å². The van der Waals surface area contributed by atoms with Crippen LogP contribution >= 0.6 is 0 Å². The second-order valence-electron chi connectivity index (χ2n) is 6.29. The third-order valence-corrected chi connectivity index (χ3v) is 4.36. The first-order valence-corrected chi connectivity index (χ1v) is 8.46. The minimum atomic E-state index is -0.592. The van der Waals surface area contributed by atoms with E-state index in [0.29, 0.717) is 12.2 Å². The van der Waals surface area contributed by atoms with Crippen molar-refractivity contribution < 1.29 is 22.8 Å². The van der Waals surface area contributed by atoms with Crippen LogP contribution in [-0.2, 0) is 4.79 Å². The van der Waals surface area contributed by atoms with Gasteiger partial charge in [-0.25, -0.2) is 8.78 Å². The Morgan fingerprint density at radius 2 is 1.89 bits per heavy atom. The number of nitrogens with zero attached hydrogens (tertiary/aromatic N) is 3. The fourth-order valence-electron chi connectivity index (χ4n) is 2.99. The lowest BCUT2D eigenvalue weighted by Gasteiger charge is -2.15. The first-order chi connectivity index (χ1) is 13.5. The lowest BCUT2D eigenvalue weighted by molar-refractivity contribution is -0.117. The molecule has 3 aromatic rings. The molecule has 28 heavy (non-hydrogen) atoms. The van der Waals surface area contributed by atoms with Crippen LogP contribution in [0.4, 0.5) is 20.5 Å². The largest absolute Gasteiger partial charge is 0.407 e. The van der Waals surface area contributed by atoms with E-state index < -0.39 is 11.7 Å². The van der Waals surface area contributed by atoms with Gasteiger partial charge in [0.05, 0.1) is 5.92 Å². The average molecular weight is 384 g/mol. The predicted molar refractivity (Wildman–Crippen MR) is 94.8 cm³/mol. The number of amides is 2. The highest BCUT2D eigenvalue weighted by molar-refractivity contribution is 6.03. The maximum absolute atomic E-state index is 13.2. The molecular formula is C19H14F2N4O3. The fourth-order valence-corrected chi connectivity index (χ4v) is 2.99. The van der Waals surface area contributed by atoms with Crippen LogP contribution in [0.5, 0.6) is 0 Å². The summed E-state index contributed by atoms with van der Waals surface area (Å²) in [7, 11) is 0. The topological polar surface area (TPSA) is 88.3 Å². The van der Waals surface area contributed by atoms with Gasteiger partial charge in [-0.3, -0.25) is 14.9 Å². The molecular weight excluding hydrogens is 370 g/mol. The van der Waals surface area contributed by atoms with Crippen molar-refractivity contribution in [2.45, 2.75) is 12.3 Å². The molecule has 142 valence electrons. The van der Waals surface area contributed by atoms with Crippen molar-refractivity contribution in [3.63, 3.8) is 0 Å². The minimum absolute atomic E-state index is 0.110. The molecule has 0 saturated carbocycles. The summed E-state index contributed by atoms with van der Waals surface area (Å²) in [6.07, 6.45) is 0.150. The molecule has 1 saturated heterocycles. The van der Waals surface area contributed by atoms with E-state index in [4.69, 9.17) is 4.42 Å². The first-order valence-electron chi connectivity index (χ1n) is 8.46. The highest BCUT2D eigenvalue weighted by Gasteiger charge is 2.35. The number of rotatable bonds is 4. The lowest BCUT2D eigenvalue weighted by atomic mass is 10.1. The molecule has 1 unspecified atom stereocenters. The Hall–Kier alpha value is -3.62. The maximum atomic E-state index is 13.2. The zero-order chi connectivity index (χ0) is 19.7. The van der Waals surface area contributed by atoms with E-state index in [1.165, 1.54) is 47.4 Å². The molecule has 2 aromatic carbocycles. The van der Waals surface area contributed by atoms with Crippen molar-refractivity contribution in [2.24, 2.45) is 0 Å². The highest BCUT2D eigenvalue weighted by atomic mass is 19.1. The van der Waals surface area contributed by atoms with Crippen LogP contribution < -0.4 is 10.2 Å². The van der Waals surface area contributed by atoms with E-state index in [2.05, 4.69) is 15.5 Å². The first kappa shape index (κ1) is 17.8. The number of carbonyl (C=O) groups is 2.